The number of rotatable bonds is 37. The van der Waals surface area contributed by atoms with Crippen LogP contribution in [0.25, 0.3) is 0 Å². The zero-order valence-electron chi connectivity index (χ0n) is 39.6. The van der Waals surface area contributed by atoms with Crippen LogP contribution < -0.4 is 0 Å². The highest BCUT2D eigenvalue weighted by Crippen LogP contribution is 2.47. The van der Waals surface area contributed by atoms with E-state index < -0.39 is 87.9 Å². The van der Waals surface area contributed by atoms with Crippen molar-refractivity contribution in [3.05, 3.63) is 109 Å². The summed E-state index contributed by atoms with van der Waals surface area (Å²) in [5, 5.41) is 70.2. The first-order chi connectivity index (χ1) is 32.2. The molecule has 15 nitrogen and oxygen atoms in total. The van der Waals surface area contributed by atoms with Gasteiger partial charge in [-0.25, -0.2) is 4.57 Å². The summed E-state index contributed by atoms with van der Waals surface area (Å²) < 4.78 is 33.4. The molecule has 0 saturated heterocycles. The van der Waals surface area contributed by atoms with Crippen LogP contribution in [-0.4, -0.2) is 121 Å². The molecule has 8 N–H and O–H groups in total. The number of aliphatic hydroxyl groups is 7. The molecule has 1 aliphatic carbocycles. The van der Waals surface area contributed by atoms with Crippen molar-refractivity contribution >= 4 is 19.8 Å². The smallest absolute Gasteiger partial charge is 0.462 e. The number of phosphoric acid groups is 1. The standard InChI is InChI=1S/C51H81O15P/c1-3-5-7-8-9-10-11-12-13-14-15-16-17-18-19-23-31-37-44(54)63-39-43(40-64-67(61,62)66-51-49(59)47(57)46(56)48(58)50(51)60)65-45(55)38-32-24-21-20-22-28-34-42(53)36-30-26-25-29-35-41(52)33-27-6-4-2/h6,9-10,12-13,15-16,21-22,24-30,35-36,41-43,46-53,56-60H,3-5,7-8,11,14,17-20,23,31-34,37-40H2,1-2H3,(H,61,62)/b10-9-,13-12-,16-15-,24-21-,26-25-,27-6-,28-22-,35-29+,36-30+/t41-,42+,43+,46?,47-,48+,49+,50+,51?/m0/s1. The number of carbonyl (C=O) groups is 2. The largest absolute Gasteiger partial charge is 0.472 e. The highest BCUT2D eigenvalue weighted by molar-refractivity contribution is 7.47. The lowest BCUT2D eigenvalue weighted by molar-refractivity contribution is -0.220. The second-order valence-corrected chi connectivity index (χ2v) is 17.7. The van der Waals surface area contributed by atoms with Gasteiger partial charge in [0, 0.05) is 12.8 Å². The number of hydrogen-bond donors (Lipinski definition) is 8. The number of esters is 2. The van der Waals surface area contributed by atoms with Crippen molar-refractivity contribution in [2.75, 3.05) is 13.2 Å². The van der Waals surface area contributed by atoms with E-state index in [0.717, 1.165) is 51.4 Å². The van der Waals surface area contributed by atoms with E-state index in [0.29, 0.717) is 25.7 Å². The Hall–Kier alpha value is -3.57. The SMILES string of the molecule is CC/C=C\C[C@H](O)/C=C/C=C\C=C\[C@H](O)C/C=C\C/C=C\CCC(=O)O[C@H](COC(=O)CCCCCC/C=C\C/C=C\C/C=C\CCCCC)COP(=O)(O)OC1[C@H](O)[C@H](O)C(O)[C@H](O)[C@H]1O. The lowest BCUT2D eigenvalue weighted by atomic mass is 9.85. The summed E-state index contributed by atoms with van der Waals surface area (Å²) in [4.78, 5) is 35.7. The first-order valence-corrected chi connectivity index (χ1v) is 25.4. The van der Waals surface area contributed by atoms with Crippen LogP contribution >= 0.6 is 7.82 Å². The molecule has 3 unspecified atom stereocenters. The third kappa shape index (κ3) is 32.0. The van der Waals surface area contributed by atoms with E-state index in [1.807, 2.05) is 37.3 Å². The van der Waals surface area contributed by atoms with Gasteiger partial charge >= 0.3 is 19.8 Å². The van der Waals surface area contributed by atoms with E-state index in [2.05, 4.69) is 43.4 Å². The Balaban J connectivity index is 2.58. The van der Waals surface area contributed by atoms with Crippen molar-refractivity contribution in [2.24, 2.45) is 0 Å². The van der Waals surface area contributed by atoms with E-state index in [-0.39, 0.29) is 19.3 Å². The molecule has 1 aliphatic rings. The number of aliphatic hydroxyl groups excluding tert-OH is 7. The molecule has 0 heterocycles. The summed E-state index contributed by atoms with van der Waals surface area (Å²) in [6.07, 6.45) is 33.4. The average Bonchev–Trinajstić information content (AvgIpc) is 3.30. The molecule has 10 atom stereocenters. The molecular formula is C51H81O15P. The third-order valence-electron chi connectivity index (χ3n) is 10.3. The Bertz CT molecular complexity index is 1620. The van der Waals surface area contributed by atoms with Gasteiger partial charge in [0.25, 0.3) is 0 Å². The van der Waals surface area contributed by atoms with Gasteiger partial charge < -0.3 is 50.1 Å². The van der Waals surface area contributed by atoms with Crippen LogP contribution in [0.3, 0.4) is 0 Å². The van der Waals surface area contributed by atoms with Gasteiger partial charge in [-0.1, -0.05) is 149 Å². The summed E-state index contributed by atoms with van der Waals surface area (Å²) >= 11 is 0. The molecule has 0 spiro atoms. The quantitative estimate of drug-likeness (QED) is 0.00984. The molecule has 1 fully saturated rings. The molecule has 0 radical (unpaired) electrons. The molecule has 1 rings (SSSR count). The van der Waals surface area contributed by atoms with Crippen LogP contribution in [0.4, 0.5) is 0 Å². The molecule has 0 bridgehead atoms. The zero-order chi connectivity index (χ0) is 49.5. The summed E-state index contributed by atoms with van der Waals surface area (Å²) in [6, 6.07) is 0. The summed E-state index contributed by atoms with van der Waals surface area (Å²) in [5.74, 6) is -1.30. The molecule has 0 aromatic rings. The molecule has 0 aliphatic heterocycles. The van der Waals surface area contributed by atoms with Gasteiger partial charge in [0.05, 0.1) is 18.8 Å². The van der Waals surface area contributed by atoms with E-state index in [1.165, 1.54) is 19.3 Å². The van der Waals surface area contributed by atoms with Crippen molar-refractivity contribution in [1.82, 2.24) is 0 Å². The average molecular weight is 965 g/mol. The van der Waals surface area contributed by atoms with Crippen molar-refractivity contribution in [3.63, 3.8) is 0 Å². The minimum Gasteiger partial charge on any atom is -0.462 e. The fraction of sp³-hybridized carbons (Fsp3) is 0.608. The lowest BCUT2D eigenvalue weighted by Crippen LogP contribution is -2.64. The Kier molecular flexibility index (Phi) is 36.0. The summed E-state index contributed by atoms with van der Waals surface area (Å²) in [6.45, 7) is 2.90. The maximum absolute atomic E-state index is 12.8. The first kappa shape index (κ1) is 61.4. The van der Waals surface area contributed by atoms with Crippen LogP contribution in [0, 0.1) is 0 Å². The molecule has 0 aromatic carbocycles. The molecule has 1 saturated carbocycles. The van der Waals surface area contributed by atoms with Crippen molar-refractivity contribution in [3.8, 4) is 0 Å². The van der Waals surface area contributed by atoms with Gasteiger partial charge in [-0.2, -0.15) is 0 Å². The maximum atomic E-state index is 12.8. The van der Waals surface area contributed by atoms with E-state index in [4.69, 9.17) is 18.5 Å². The summed E-state index contributed by atoms with van der Waals surface area (Å²) in [7, 11) is -5.18. The van der Waals surface area contributed by atoms with Crippen LogP contribution in [0.5, 0.6) is 0 Å². The Morgan fingerprint density at radius 1 is 0.552 bits per heavy atom. The normalized spacial score (nSPS) is 23.1. The molecule has 16 heteroatoms. The van der Waals surface area contributed by atoms with Crippen molar-refractivity contribution in [1.29, 1.82) is 0 Å². The van der Waals surface area contributed by atoms with Crippen LogP contribution in [0.1, 0.15) is 129 Å². The first-order valence-electron chi connectivity index (χ1n) is 23.9. The van der Waals surface area contributed by atoms with Crippen LogP contribution in [0.2, 0.25) is 0 Å². The Morgan fingerprint density at radius 3 is 1.61 bits per heavy atom. The van der Waals surface area contributed by atoms with Gasteiger partial charge in [0.1, 0.15) is 43.2 Å². The van der Waals surface area contributed by atoms with Crippen LogP contribution in [0.15, 0.2) is 109 Å². The maximum Gasteiger partial charge on any atom is 0.472 e. The Labute approximate surface area is 398 Å². The van der Waals surface area contributed by atoms with E-state index >= 15 is 0 Å². The van der Waals surface area contributed by atoms with E-state index in [9.17, 15) is 54.8 Å². The molecule has 0 aromatic heterocycles. The van der Waals surface area contributed by atoms with Crippen LogP contribution in [-0.2, 0) is 32.7 Å². The zero-order valence-corrected chi connectivity index (χ0v) is 40.5. The minimum atomic E-state index is -5.18. The van der Waals surface area contributed by atoms with Gasteiger partial charge in [-0.15, -0.1) is 0 Å². The Morgan fingerprint density at radius 2 is 1.04 bits per heavy atom. The van der Waals surface area contributed by atoms with Crippen molar-refractivity contribution < 1.29 is 73.3 Å². The lowest BCUT2D eigenvalue weighted by Gasteiger charge is -2.41. The predicted molar refractivity (Wildman–Crippen MR) is 260 cm³/mol. The second kappa shape index (κ2) is 39.3. The van der Waals surface area contributed by atoms with Gasteiger partial charge in [-0.3, -0.25) is 18.6 Å². The number of carbonyl (C=O) groups excluding carboxylic acids is 2. The van der Waals surface area contributed by atoms with Gasteiger partial charge in [0.2, 0.25) is 0 Å². The topological polar surface area (TPSA) is 250 Å². The number of ether oxygens (including phenoxy) is 2. The second-order valence-electron chi connectivity index (χ2n) is 16.3. The summed E-state index contributed by atoms with van der Waals surface area (Å²) in [5.41, 5.74) is 0. The molecule has 0 amide bonds. The molecule has 67 heavy (non-hydrogen) atoms. The molecule has 380 valence electrons. The van der Waals surface area contributed by atoms with Gasteiger partial charge in [-0.05, 0) is 77.0 Å². The highest BCUT2D eigenvalue weighted by atomic mass is 31.2. The number of allylic oxidation sites excluding steroid dienone is 14. The number of unbranched alkanes of at least 4 members (excludes halogenated alkanes) is 7. The monoisotopic (exact) mass is 965 g/mol. The number of phosphoric ester groups is 1. The third-order valence-corrected chi connectivity index (χ3v) is 11.3. The molecular weight excluding hydrogens is 884 g/mol. The van der Waals surface area contributed by atoms with Crippen molar-refractivity contribution in [2.45, 2.75) is 184 Å². The fourth-order valence-corrected chi connectivity index (χ4v) is 7.35. The highest BCUT2D eigenvalue weighted by Gasteiger charge is 2.51. The van der Waals surface area contributed by atoms with Gasteiger partial charge in [0.15, 0.2) is 6.10 Å². The predicted octanol–water partition coefficient (Wildman–Crippen LogP) is 7.55. The fourth-order valence-electron chi connectivity index (χ4n) is 6.38. The number of hydrogen-bond acceptors (Lipinski definition) is 14. The minimum absolute atomic E-state index is 0.0963. The van der Waals surface area contributed by atoms with E-state index in [1.54, 1.807) is 42.5 Å².